The predicted molar refractivity (Wildman–Crippen MR) is 75.8 cm³/mol. The molecule has 0 spiro atoms. The molecule has 18 heavy (non-hydrogen) atoms. The van der Waals surface area contributed by atoms with E-state index in [0.717, 1.165) is 38.0 Å². The van der Waals surface area contributed by atoms with Gasteiger partial charge in [0.25, 0.3) is 0 Å². The van der Waals surface area contributed by atoms with Gasteiger partial charge in [-0.1, -0.05) is 6.92 Å². The van der Waals surface area contributed by atoms with Gasteiger partial charge < -0.3 is 15.2 Å². The number of nitrogens with one attached hydrogen (secondary N) is 1. The highest BCUT2D eigenvalue weighted by atomic mass is 16.5. The normalized spacial score (nSPS) is 31.3. The molecular formula is C15H31NO2. The van der Waals surface area contributed by atoms with Crippen LogP contribution in [0.2, 0.25) is 0 Å². The van der Waals surface area contributed by atoms with Gasteiger partial charge in [0.2, 0.25) is 0 Å². The summed E-state index contributed by atoms with van der Waals surface area (Å²) in [6.07, 6.45) is 5.12. The van der Waals surface area contributed by atoms with Crippen LogP contribution >= 0.6 is 0 Å². The number of methoxy groups -OCH3 is 1. The molecule has 1 atom stereocenters. The topological polar surface area (TPSA) is 41.5 Å². The Kier molecular flexibility index (Phi) is 5.63. The molecule has 108 valence electrons. The average molecular weight is 257 g/mol. The van der Waals surface area contributed by atoms with E-state index in [9.17, 15) is 5.11 Å². The van der Waals surface area contributed by atoms with Crippen molar-refractivity contribution in [3.63, 3.8) is 0 Å². The third-order valence-electron chi connectivity index (χ3n) is 4.33. The first-order valence-electron chi connectivity index (χ1n) is 7.27. The zero-order chi connectivity index (χ0) is 13.8. The van der Waals surface area contributed by atoms with Crippen molar-refractivity contribution < 1.29 is 9.84 Å². The van der Waals surface area contributed by atoms with Crippen molar-refractivity contribution in [3.8, 4) is 0 Å². The molecule has 0 aromatic rings. The molecule has 1 aliphatic rings. The van der Waals surface area contributed by atoms with Gasteiger partial charge >= 0.3 is 0 Å². The van der Waals surface area contributed by atoms with E-state index in [1.807, 2.05) is 0 Å². The maximum Gasteiger partial charge on any atom is 0.0771 e. The first-order chi connectivity index (χ1) is 8.26. The van der Waals surface area contributed by atoms with Crippen LogP contribution in [0.15, 0.2) is 0 Å². The van der Waals surface area contributed by atoms with Crippen molar-refractivity contribution in [2.24, 2.45) is 5.92 Å². The minimum Gasteiger partial charge on any atom is -0.389 e. The number of hydrogen-bond donors (Lipinski definition) is 2. The molecule has 3 nitrogen and oxygen atoms in total. The van der Waals surface area contributed by atoms with Crippen LogP contribution < -0.4 is 5.32 Å². The lowest BCUT2D eigenvalue weighted by molar-refractivity contribution is -0.0163. The fourth-order valence-corrected chi connectivity index (χ4v) is 2.73. The number of hydrogen-bond acceptors (Lipinski definition) is 3. The minimum absolute atomic E-state index is 0.101. The Balaban J connectivity index is 2.31. The maximum atomic E-state index is 10.5. The van der Waals surface area contributed by atoms with Crippen LogP contribution in [0.1, 0.15) is 59.8 Å². The molecule has 0 radical (unpaired) electrons. The molecule has 1 fully saturated rings. The Morgan fingerprint density at radius 1 is 1.39 bits per heavy atom. The predicted octanol–water partition coefficient (Wildman–Crippen LogP) is 2.72. The molecule has 2 N–H and O–H groups in total. The fraction of sp³-hybridized carbons (Fsp3) is 1.00. The lowest BCUT2D eigenvalue weighted by Crippen LogP contribution is -2.47. The second-order valence-electron chi connectivity index (χ2n) is 6.86. The summed E-state index contributed by atoms with van der Waals surface area (Å²) in [4.78, 5) is 0. The van der Waals surface area contributed by atoms with Crippen molar-refractivity contribution in [2.75, 3.05) is 13.7 Å². The Labute approximate surface area is 112 Å². The lowest BCUT2D eigenvalue weighted by Gasteiger charge is -2.36. The van der Waals surface area contributed by atoms with Gasteiger partial charge in [0.05, 0.1) is 11.2 Å². The molecule has 1 rings (SSSR count). The van der Waals surface area contributed by atoms with Gasteiger partial charge in [-0.05, 0) is 58.8 Å². The summed E-state index contributed by atoms with van der Waals surface area (Å²) in [5, 5.41) is 14.0. The van der Waals surface area contributed by atoms with Crippen LogP contribution in [0, 0.1) is 5.92 Å². The molecule has 0 amide bonds. The molecule has 0 aromatic heterocycles. The summed E-state index contributed by atoms with van der Waals surface area (Å²) in [6, 6.07) is 0.364. The van der Waals surface area contributed by atoms with Crippen LogP contribution in [0.25, 0.3) is 0 Å². The molecule has 0 heterocycles. The van der Waals surface area contributed by atoms with E-state index in [1.165, 1.54) is 0 Å². The maximum absolute atomic E-state index is 10.5. The van der Waals surface area contributed by atoms with Crippen molar-refractivity contribution in [3.05, 3.63) is 0 Å². The van der Waals surface area contributed by atoms with Gasteiger partial charge in [-0.25, -0.2) is 0 Å². The van der Waals surface area contributed by atoms with Crippen molar-refractivity contribution >= 4 is 0 Å². The van der Waals surface area contributed by atoms with Crippen molar-refractivity contribution in [2.45, 2.75) is 77.0 Å². The highest BCUT2D eigenvalue weighted by Crippen LogP contribution is 2.31. The van der Waals surface area contributed by atoms with Crippen molar-refractivity contribution in [1.29, 1.82) is 0 Å². The third-order valence-corrected chi connectivity index (χ3v) is 4.33. The van der Waals surface area contributed by atoms with E-state index < -0.39 is 5.60 Å². The van der Waals surface area contributed by atoms with Crippen LogP contribution in [0.5, 0.6) is 0 Å². The van der Waals surface area contributed by atoms with Crippen LogP contribution in [0.3, 0.4) is 0 Å². The molecule has 1 unspecified atom stereocenters. The summed E-state index contributed by atoms with van der Waals surface area (Å²) in [7, 11) is 1.75. The van der Waals surface area contributed by atoms with E-state index in [4.69, 9.17) is 4.74 Å². The highest BCUT2D eigenvalue weighted by Gasteiger charge is 2.32. The van der Waals surface area contributed by atoms with Crippen LogP contribution in [0.4, 0.5) is 0 Å². The van der Waals surface area contributed by atoms with E-state index in [-0.39, 0.29) is 5.60 Å². The molecule has 1 saturated carbocycles. The van der Waals surface area contributed by atoms with E-state index in [0.29, 0.717) is 12.6 Å². The highest BCUT2D eigenvalue weighted by molar-refractivity contribution is 4.88. The minimum atomic E-state index is -0.488. The standard InChI is InChI=1S/C15H31NO2/c1-12-6-8-15(17,9-7-12)11-16-13(2)10-14(3,4)18-5/h12-13,16-17H,6-11H2,1-5H3. The second kappa shape index (κ2) is 6.36. The van der Waals surface area contributed by atoms with E-state index in [1.54, 1.807) is 7.11 Å². The van der Waals surface area contributed by atoms with Gasteiger partial charge in [0.15, 0.2) is 0 Å². The van der Waals surface area contributed by atoms with Crippen molar-refractivity contribution in [1.82, 2.24) is 5.32 Å². The van der Waals surface area contributed by atoms with Gasteiger partial charge in [-0.15, -0.1) is 0 Å². The molecule has 3 heteroatoms. The Bertz CT molecular complexity index is 245. The first-order valence-corrected chi connectivity index (χ1v) is 7.27. The molecule has 0 bridgehead atoms. The summed E-state index contributed by atoms with van der Waals surface area (Å²) in [5.74, 6) is 0.773. The van der Waals surface area contributed by atoms with Crippen LogP contribution in [-0.4, -0.2) is 36.0 Å². The largest absolute Gasteiger partial charge is 0.389 e. The van der Waals surface area contributed by atoms with Gasteiger partial charge in [0.1, 0.15) is 0 Å². The van der Waals surface area contributed by atoms with E-state index >= 15 is 0 Å². The molecule has 1 aliphatic carbocycles. The zero-order valence-corrected chi connectivity index (χ0v) is 12.8. The average Bonchev–Trinajstić information content (AvgIpc) is 2.31. The Morgan fingerprint density at radius 3 is 2.44 bits per heavy atom. The Hall–Kier alpha value is -0.120. The molecule has 0 saturated heterocycles. The second-order valence-corrected chi connectivity index (χ2v) is 6.86. The number of rotatable bonds is 6. The number of ether oxygens (including phenoxy) is 1. The van der Waals surface area contributed by atoms with E-state index in [2.05, 4.69) is 33.0 Å². The zero-order valence-electron chi connectivity index (χ0n) is 12.8. The van der Waals surface area contributed by atoms with Gasteiger partial charge in [-0.2, -0.15) is 0 Å². The first kappa shape index (κ1) is 15.9. The quantitative estimate of drug-likeness (QED) is 0.769. The smallest absolute Gasteiger partial charge is 0.0771 e. The SMILES string of the molecule is COC(C)(C)CC(C)NCC1(O)CCC(C)CC1. The third kappa shape index (κ3) is 5.25. The summed E-state index contributed by atoms with van der Waals surface area (Å²) >= 11 is 0. The summed E-state index contributed by atoms with van der Waals surface area (Å²) in [6.45, 7) is 9.34. The molecular weight excluding hydrogens is 226 g/mol. The van der Waals surface area contributed by atoms with Gasteiger partial charge in [0, 0.05) is 19.7 Å². The van der Waals surface area contributed by atoms with Crippen LogP contribution in [-0.2, 0) is 4.74 Å². The summed E-state index contributed by atoms with van der Waals surface area (Å²) in [5.41, 5.74) is -0.589. The lowest BCUT2D eigenvalue weighted by atomic mass is 9.79. The molecule has 0 aromatic carbocycles. The monoisotopic (exact) mass is 257 g/mol. The number of aliphatic hydroxyl groups is 1. The molecule has 0 aliphatic heterocycles. The fourth-order valence-electron chi connectivity index (χ4n) is 2.73. The Morgan fingerprint density at radius 2 is 1.94 bits per heavy atom. The van der Waals surface area contributed by atoms with Gasteiger partial charge in [-0.3, -0.25) is 0 Å². The summed E-state index contributed by atoms with van der Waals surface area (Å²) < 4.78 is 5.44.